The van der Waals surface area contributed by atoms with Gasteiger partial charge in [0.15, 0.2) is 12.7 Å². The summed E-state index contributed by atoms with van der Waals surface area (Å²) in [6.45, 7) is 2.11. The Balaban J connectivity index is 1.37. The van der Waals surface area contributed by atoms with E-state index in [1.807, 2.05) is 70.5 Å². The van der Waals surface area contributed by atoms with E-state index in [9.17, 15) is 9.59 Å². The molecule has 2 aliphatic heterocycles. The molecule has 2 amide bonds. The summed E-state index contributed by atoms with van der Waals surface area (Å²) in [5.74, 6) is 1.02. The molecule has 2 aliphatic rings. The van der Waals surface area contributed by atoms with Gasteiger partial charge in [-0.3, -0.25) is 9.59 Å². The minimum Gasteiger partial charge on any atom is -0.484 e. The van der Waals surface area contributed by atoms with Gasteiger partial charge in [0.05, 0.1) is 0 Å². The highest BCUT2D eigenvalue weighted by atomic mass is 16.5. The van der Waals surface area contributed by atoms with Crippen LogP contribution in [0.3, 0.4) is 0 Å². The number of fused-ring (bicyclic) bond motifs is 1. The predicted molar refractivity (Wildman–Crippen MR) is 118 cm³/mol. The lowest BCUT2D eigenvalue weighted by Gasteiger charge is -2.47. The van der Waals surface area contributed by atoms with E-state index in [1.165, 1.54) is 0 Å². The summed E-state index contributed by atoms with van der Waals surface area (Å²) in [5, 5.41) is 0. The minimum absolute atomic E-state index is 0.00445. The fraction of sp³-hybridized carbons (Fsp3) is 0.440. The third-order valence-electron chi connectivity index (χ3n) is 6.37. The Morgan fingerprint density at radius 3 is 2.42 bits per heavy atom. The van der Waals surface area contributed by atoms with Crippen molar-refractivity contribution in [3.63, 3.8) is 0 Å². The van der Waals surface area contributed by atoms with Crippen molar-refractivity contribution in [3.05, 3.63) is 66.2 Å². The minimum atomic E-state index is -0.584. The van der Waals surface area contributed by atoms with Gasteiger partial charge in [0.2, 0.25) is 0 Å². The van der Waals surface area contributed by atoms with Crippen molar-refractivity contribution < 1.29 is 19.1 Å². The van der Waals surface area contributed by atoms with E-state index in [4.69, 9.17) is 9.47 Å². The van der Waals surface area contributed by atoms with Crippen molar-refractivity contribution in [2.75, 3.05) is 33.4 Å². The number of hydrogen-bond acceptors (Lipinski definition) is 4. The standard InChI is InChI=1S/C25H30N2O4/c1-30-24(19-9-4-2-5-10-19)25(29)27-15-8-11-20-17-26(16-14-22(20)27)23(28)18-31-21-12-6-3-7-13-21/h2-7,9-10,12-13,20,22,24H,8,11,14-18H2,1H3/t20-,22+,24-/m1/s1. The fourth-order valence-electron chi connectivity index (χ4n) is 4.81. The second-order valence-electron chi connectivity index (χ2n) is 8.26. The smallest absolute Gasteiger partial charge is 0.260 e. The number of piperidine rings is 2. The quantitative estimate of drug-likeness (QED) is 0.717. The van der Waals surface area contributed by atoms with E-state index >= 15 is 0 Å². The second-order valence-corrected chi connectivity index (χ2v) is 8.26. The van der Waals surface area contributed by atoms with Crippen molar-refractivity contribution in [2.24, 2.45) is 5.92 Å². The van der Waals surface area contributed by atoms with Crippen molar-refractivity contribution in [1.29, 1.82) is 0 Å². The molecule has 4 rings (SSSR count). The summed E-state index contributed by atoms with van der Waals surface area (Å²) in [5.41, 5.74) is 0.878. The lowest BCUT2D eigenvalue weighted by Crippen LogP contribution is -2.58. The van der Waals surface area contributed by atoms with Crippen molar-refractivity contribution >= 4 is 11.8 Å². The van der Waals surface area contributed by atoms with Gasteiger partial charge in [0.1, 0.15) is 5.75 Å². The van der Waals surface area contributed by atoms with Crippen LogP contribution in [0.5, 0.6) is 5.75 Å². The average molecular weight is 423 g/mol. The monoisotopic (exact) mass is 422 g/mol. The molecule has 2 aromatic carbocycles. The molecule has 2 aromatic rings. The lowest BCUT2D eigenvalue weighted by atomic mass is 9.83. The summed E-state index contributed by atoms with van der Waals surface area (Å²) in [4.78, 5) is 30.0. The number of methoxy groups -OCH3 is 1. The number of carbonyl (C=O) groups excluding carboxylic acids is 2. The number of para-hydroxylation sites is 1. The predicted octanol–water partition coefficient (Wildman–Crippen LogP) is 3.29. The molecule has 0 saturated carbocycles. The van der Waals surface area contributed by atoms with Gasteiger partial charge < -0.3 is 19.3 Å². The van der Waals surface area contributed by atoms with Gasteiger partial charge in [-0.05, 0) is 42.9 Å². The third kappa shape index (κ3) is 4.90. The topological polar surface area (TPSA) is 59.1 Å². The number of ether oxygens (including phenoxy) is 2. The maximum atomic E-state index is 13.4. The molecule has 6 heteroatoms. The Morgan fingerprint density at radius 1 is 1.00 bits per heavy atom. The largest absolute Gasteiger partial charge is 0.484 e. The molecule has 2 heterocycles. The average Bonchev–Trinajstić information content (AvgIpc) is 2.83. The Kier molecular flexibility index (Phi) is 6.87. The Bertz CT molecular complexity index is 874. The summed E-state index contributed by atoms with van der Waals surface area (Å²) in [7, 11) is 1.59. The van der Waals surface area contributed by atoms with Gasteiger partial charge in [-0.15, -0.1) is 0 Å². The number of nitrogens with zero attached hydrogens (tertiary/aromatic N) is 2. The number of carbonyl (C=O) groups is 2. The summed E-state index contributed by atoms with van der Waals surface area (Å²) in [6.07, 6.45) is 2.18. The molecule has 0 radical (unpaired) electrons. The molecule has 0 aliphatic carbocycles. The first-order valence-electron chi connectivity index (χ1n) is 11.0. The molecule has 0 unspecified atom stereocenters. The number of hydrogen-bond donors (Lipinski definition) is 0. The van der Waals surface area contributed by atoms with Crippen LogP contribution in [0.15, 0.2) is 60.7 Å². The molecule has 6 nitrogen and oxygen atoms in total. The van der Waals surface area contributed by atoms with Crippen molar-refractivity contribution in [2.45, 2.75) is 31.4 Å². The van der Waals surface area contributed by atoms with Crippen LogP contribution in [-0.2, 0) is 14.3 Å². The summed E-state index contributed by atoms with van der Waals surface area (Å²) in [6, 6.07) is 19.2. The SMILES string of the molecule is CO[C@@H](C(=O)N1CCC[C@@H]2CN(C(=O)COc3ccccc3)CC[C@@H]21)c1ccccc1. The number of amides is 2. The van der Waals surface area contributed by atoms with Gasteiger partial charge >= 0.3 is 0 Å². The maximum absolute atomic E-state index is 13.4. The lowest BCUT2D eigenvalue weighted by molar-refractivity contribution is -0.151. The third-order valence-corrected chi connectivity index (χ3v) is 6.37. The Morgan fingerprint density at radius 2 is 1.71 bits per heavy atom. The van der Waals surface area contributed by atoms with Crippen LogP contribution < -0.4 is 4.74 Å². The van der Waals surface area contributed by atoms with Crippen LogP contribution in [-0.4, -0.2) is 61.0 Å². The first-order chi connectivity index (χ1) is 15.2. The van der Waals surface area contributed by atoms with Crippen LogP contribution in [0.4, 0.5) is 0 Å². The van der Waals surface area contributed by atoms with Crippen molar-refractivity contribution in [3.8, 4) is 5.75 Å². The first-order valence-corrected chi connectivity index (χ1v) is 11.0. The van der Waals surface area contributed by atoms with Crippen LogP contribution in [0.2, 0.25) is 0 Å². The molecule has 0 spiro atoms. The molecule has 0 N–H and O–H groups in total. The fourth-order valence-corrected chi connectivity index (χ4v) is 4.81. The zero-order valence-electron chi connectivity index (χ0n) is 18.0. The second kappa shape index (κ2) is 9.96. The van der Waals surface area contributed by atoms with Crippen LogP contribution in [0.1, 0.15) is 30.9 Å². The van der Waals surface area contributed by atoms with Crippen LogP contribution in [0, 0.1) is 5.92 Å². The summed E-state index contributed by atoms with van der Waals surface area (Å²) >= 11 is 0. The highest BCUT2D eigenvalue weighted by Crippen LogP contribution is 2.33. The molecular weight excluding hydrogens is 392 g/mol. The Labute approximate surface area is 183 Å². The van der Waals surface area contributed by atoms with E-state index in [0.29, 0.717) is 24.8 Å². The zero-order chi connectivity index (χ0) is 21.6. The van der Waals surface area contributed by atoms with Gasteiger partial charge in [-0.1, -0.05) is 48.5 Å². The van der Waals surface area contributed by atoms with Gasteiger partial charge in [0, 0.05) is 32.8 Å². The maximum Gasteiger partial charge on any atom is 0.260 e. The highest BCUT2D eigenvalue weighted by molar-refractivity contribution is 5.83. The van der Waals surface area contributed by atoms with Crippen molar-refractivity contribution in [1.82, 2.24) is 9.80 Å². The van der Waals surface area contributed by atoms with E-state index in [-0.39, 0.29) is 24.5 Å². The number of benzene rings is 2. The van der Waals surface area contributed by atoms with Gasteiger partial charge in [-0.2, -0.15) is 0 Å². The van der Waals surface area contributed by atoms with E-state index < -0.39 is 6.10 Å². The number of likely N-dealkylation sites (tertiary alicyclic amines) is 2. The van der Waals surface area contributed by atoms with Crippen LogP contribution in [0.25, 0.3) is 0 Å². The van der Waals surface area contributed by atoms with Gasteiger partial charge in [-0.25, -0.2) is 0 Å². The normalized spacial score (nSPS) is 21.8. The molecule has 2 fully saturated rings. The van der Waals surface area contributed by atoms with Gasteiger partial charge in [0.25, 0.3) is 11.8 Å². The molecule has 0 bridgehead atoms. The zero-order valence-corrected chi connectivity index (χ0v) is 18.0. The summed E-state index contributed by atoms with van der Waals surface area (Å²) < 4.78 is 11.2. The Hall–Kier alpha value is -2.86. The molecule has 164 valence electrons. The first kappa shape index (κ1) is 21.4. The molecule has 0 aromatic heterocycles. The molecule has 2 saturated heterocycles. The van der Waals surface area contributed by atoms with E-state index in [1.54, 1.807) is 7.11 Å². The molecule has 3 atom stereocenters. The molecule has 31 heavy (non-hydrogen) atoms. The number of rotatable bonds is 6. The molecular formula is C25H30N2O4. The van der Waals surface area contributed by atoms with Crippen LogP contribution >= 0.6 is 0 Å². The highest BCUT2D eigenvalue weighted by Gasteiger charge is 2.41. The van der Waals surface area contributed by atoms with E-state index in [0.717, 1.165) is 31.4 Å². The van der Waals surface area contributed by atoms with E-state index in [2.05, 4.69) is 0 Å².